The van der Waals surface area contributed by atoms with Gasteiger partial charge in [-0.25, -0.2) is 8.42 Å². The van der Waals surface area contributed by atoms with E-state index in [4.69, 9.17) is 16.3 Å². The Morgan fingerprint density at radius 2 is 2.07 bits per heavy atom. The first-order chi connectivity index (χ1) is 6.42. The summed E-state index contributed by atoms with van der Waals surface area (Å²) < 4.78 is 37.8. The van der Waals surface area contributed by atoms with Crippen LogP contribution in [0.2, 0.25) is 5.02 Å². The van der Waals surface area contributed by atoms with Crippen molar-refractivity contribution in [2.24, 2.45) is 0 Å². The minimum Gasteiger partial charge on any atom is -0.731 e. The summed E-state index contributed by atoms with van der Waals surface area (Å²) in [4.78, 5) is 0. The Morgan fingerprint density at radius 3 is 2.53 bits per heavy atom. The molecule has 15 heavy (non-hydrogen) atoms. The quantitative estimate of drug-likeness (QED) is 0.514. The van der Waals surface area contributed by atoms with Crippen molar-refractivity contribution in [3.8, 4) is 5.75 Å². The molecule has 0 heterocycles. The van der Waals surface area contributed by atoms with Crippen LogP contribution in [0.25, 0.3) is 0 Å². The first kappa shape index (κ1) is 15.0. The number of hydrogen-bond acceptors (Lipinski definition) is 4. The third-order valence-electron chi connectivity index (χ3n) is 1.40. The first-order valence-electron chi connectivity index (χ1n) is 3.49. The van der Waals surface area contributed by atoms with Crippen LogP contribution in [-0.2, 0) is 10.3 Å². The average molecular weight is 260 g/mol. The average Bonchev–Trinajstić information content (AvgIpc) is 2.01. The maximum Gasteiger partial charge on any atom is 1.00 e. The van der Waals surface area contributed by atoms with Crippen LogP contribution in [0.3, 0.4) is 0 Å². The van der Waals surface area contributed by atoms with Gasteiger partial charge in [0.2, 0.25) is 0 Å². The molecule has 0 fully saturated rings. The number of rotatable bonds is 3. The second kappa shape index (κ2) is 5.93. The Balaban J connectivity index is 0.00000196. The zero-order valence-corrected chi connectivity index (χ0v) is 11.7. The van der Waals surface area contributed by atoms with Gasteiger partial charge in [0.25, 0.3) is 0 Å². The van der Waals surface area contributed by atoms with E-state index >= 15 is 0 Å². The van der Waals surface area contributed by atoms with Crippen LogP contribution < -0.4 is 39.0 Å². The number of halogens is 1. The van der Waals surface area contributed by atoms with Crippen LogP contribution in [0.5, 0.6) is 5.75 Å². The molecule has 0 unspecified atom stereocenters. The van der Waals surface area contributed by atoms with E-state index in [1.165, 1.54) is 25.3 Å². The number of benzene rings is 1. The molecule has 8 heteroatoms. The van der Waals surface area contributed by atoms with Crippen LogP contribution in [-0.4, -0.2) is 20.1 Å². The van der Waals surface area contributed by atoms with Crippen molar-refractivity contribution in [2.45, 2.75) is 0 Å². The van der Waals surface area contributed by atoms with Crippen molar-refractivity contribution in [2.75, 3.05) is 11.8 Å². The summed E-state index contributed by atoms with van der Waals surface area (Å²) in [5.41, 5.74) is 0.0231. The van der Waals surface area contributed by atoms with Gasteiger partial charge < -0.3 is 9.29 Å². The number of anilines is 1. The third kappa shape index (κ3) is 5.05. The molecule has 0 atom stereocenters. The zero-order chi connectivity index (χ0) is 10.8. The molecule has 0 radical (unpaired) electrons. The molecule has 0 aliphatic rings. The van der Waals surface area contributed by atoms with Crippen molar-refractivity contribution in [1.82, 2.24) is 0 Å². The third-order valence-corrected chi connectivity index (χ3v) is 2.10. The van der Waals surface area contributed by atoms with Gasteiger partial charge >= 0.3 is 29.6 Å². The molecular formula is C7H7ClNNaO4S. The summed E-state index contributed by atoms with van der Waals surface area (Å²) in [5, 5.41) is 0.303. The molecule has 1 rings (SSSR count). The molecule has 0 saturated heterocycles. The largest absolute Gasteiger partial charge is 1.00 e. The molecule has 1 aromatic carbocycles. The summed E-state index contributed by atoms with van der Waals surface area (Å²) in [6.45, 7) is 0. The fourth-order valence-corrected chi connectivity index (χ4v) is 1.50. The molecule has 78 valence electrons. The summed E-state index contributed by atoms with van der Waals surface area (Å²) in [5.74, 6) is 0.230. The topological polar surface area (TPSA) is 78.5 Å². The monoisotopic (exact) mass is 259 g/mol. The van der Waals surface area contributed by atoms with Crippen LogP contribution in [0.1, 0.15) is 0 Å². The summed E-state index contributed by atoms with van der Waals surface area (Å²) >= 11 is 5.61. The van der Waals surface area contributed by atoms with Crippen molar-refractivity contribution >= 4 is 27.6 Å². The summed E-state index contributed by atoms with van der Waals surface area (Å²) in [6, 6.07) is 4.26. The maximum absolute atomic E-state index is 10.4. The predicted octanol–water partition coefficient (Wildman–Crippen LogP) is -1.78. The van der Waals surface area contributed by atoms with Gasteiger partial charge in [0.1, 0.15) is 5.75 Å². The zero-order valence-electron chi connectivity index (χ0n) is 8.15. The van der Waals surface area contributed by atoms with Crippen LogP contribution in [0, 0.1) is 0 Å². The number of nitrogens with one attached hydrogen (secondary N) is 1. The predicted molar refractivity (Wildman–Crippen MR) is 51.3 cm³/mol. The Kier molecular flexibility index (Phi) is 5.94. The van der Waals surface area contributed by atoms with Crippen molar-refractivity contribution in [1.29, 1.82) is 0 Å². The Morgan fingerprint density at radius 1 is 1.47 bits per heavy atom. The Labute approximate surface area is 115 Å². The second-order valence-corrected chi connectivity index (χ2v) is 3.95. The number of methoxy groups -OCH3 is 1. The van der Waals surface area contributed by atoms with E-state index < -0.39 is 10.3 Å². The van der Waals surface area contributed by atoms with Crippen molar-refractivity contribution in [3.63, 3.8) is 0 Å². The maximum atomic E-state index is 10.4. The fraction of sp³-hybridized carbons (Fsp3) is 0.143. The molecule has 0 aliphatic heterocycles. The molecule has 0 aromatic heterocycles. The minimum absolute atomic E-state index is 0. The molecule has 0 aliphatic carbocycles. The number of hydrogen-bond donors (Lipinski definition) is 1. The van der Waals surface area contributed by atoms with Crippen molar-refractivity contribution < 1.29 is 47.3 Å². The summed E-state index contributed by atoms with van der Waals surface area (Å²) in [6.07, 6.45) is 0. The minimum atomic E-state index is -4.57. The first-order valence-corrected chi connectivity index (χ1v) is 5.28. The van der Waals surface area contributed by atoms with Gasteiger partial charge in [-0.05, 0) is 18.2 Å². The molecule has 0 bridgehead atoms. The normalized spacial score (nSPS) is 10.3. The van der Waals surface area contributed by atoms with Gasteiger partial charge in [0, 0.05) is 5.02 Å². The second-order valence-electron chi connectivity index (χ2n) is 2.40. The van der Waals surface area contributed by atoms with Gasteiger partial charge in [-0.3, -0.25) is 4.72 Å². The van der Waals surface area contributed by atoms with E-state index in [0.29, 0.717) is 5.02 Å². The molecule has 1 aromatic rings. The molecule has 0 spiro atoms. The van der Waals surface area contributed by atoms with Crippen LogP contribution >= 0.6 is 11.6 Å². The standard InChI is InChI=1S/C7H8ClNO4S.Na/c1-13-7-3-2-5(8)4-6(7)9-14(10,11)12;/h2-4,9H,1H3,(H,10,11,12);/q;+1/p-1. The molecular weight excluding hydrogens is 253 g/mol. The van der Waals surface area contributed by atoms with Crippen LogP contribution in [0.4, 0.5) is 5.69 Å². The van der Waals surface area contributed by atoms with Gasteiger partial charge in [0.15, 0.2) is 10.3 Å². The van der Waals surface area contributed by atoms with Gasteiger partial charge in [0.05, 0.1) is 12.8 Å². The molecule has 0 amide bonds. The van der Waals surface area contributed by atoms with E-state index in [9.17, 15) is 13.0 Å². The van der Waals surface area contributed by atoms with E-state index in [0.717, 1.165) is 0 Å². The van der Waals surface area contributed by atoms with Crippen molar-refractivity contribution in [3.05, 3.63) is 23.2 Å². The van der Waals surface area contributed by atoms with Crippen LogP contribution in [0.15, 0.2) is 18.2 Å². The fourth-order valence-electron chi connectivity index (χ4n) is 0.895. The van der Waals surface area contributed by atoms with Gasteiger partial charge in [-0.2, -0.15) is 0 Å². The van der Waals surface area contributed by atoms with E-state index in [1.54, 1.807) is 4.72 Å². The molecule has 5 nitrogen and oxygen atoms in total. The smallest absolute Gasteiger partial charge is 0.731 e. The van der Waals surface area contributed by atoms with E-state index in [1.807, 2.05) is 0 Å². The SMILES string of the molecule is COc1ccc(Cl)cc1NS(=O)(=O)[O-].[Na+]. The molecule has 0 saturated carbocycles. The summed E-state index contributed by atoms with van der Waals surface area (Å²) in [7, 11) is -3.21. The Hall–Kier alpha value is 0.0200. The van der Waals surface area contributed by atoms with Gasteiger partial charge in [-0.15, -0.1) is 0 Å². The molecule has 1 N–H and O–H groups in total. The van der Waals surface area contributed by atoms with Gasteiger partial charge in [-0.1, -0.05) is 11.6 Å². The van der Waals surface area contributed by atoms with E-state index in [2.05, 4.69) is 0 Å². The Bertz CT molecular complexity index is 437. The van der Waals surface area contributed by atoms with E-state index in [-0.39, 0.29) is 41.0 Å². The number of ether oxygens (including phenoxy) is 1.